The van der Waals surface area contributed by atoms with E-state index in [1.54, 1.807) is 24.0 Å². The van der Waals surface area contributed by atoms with Gasteiger partial charge in [-0.25, -0.2) is 9.50 Å². The topological polar surface area (TPSA) is 74.7 Å². The third-order valence-corrected chi connectivity index (χ3v) is 3.74. The Morgan fingerprint density at radius 2 is 1.96 bits per heavy atom. The number of hydrogen-bond donors (Lipinski definition) is 1. The summed E-state index contributed by atoms with van der Waals surface area (Å²) in [5.74, 6) is 0.522. The summed E-state index contributed by atoms with van der Waals surface area (Å²) in [6, 6.07) is 8.10. The first kappa shape index (κ1) is 18.9. The summed E-state index contributed by atoms with van der Waals surface area (Å²) in [6.07, 6.45) is 3.52. The summed E-state index contributed by atoms with van der Waals surface area (Å²) in [5, 5.41) is 4.30. The molecule has 0 amide bonds. The van der Waals surface area contributed by atoms with Gasteiger partial charge in [-0.15, -0.1) is 0 Å². The Bertz CT molecular complexity index is 814. The summed E-state index contributed by atoms with van der Waals surface area (Å²) < 4.78 is 12.4. The molecule has 0 saturated carbocycles. The van der Waals surface area contributed by atoms with Crippen LogP contribution in [0.4, 0.5) is 0 Å². The van der Waals surface area contributed by atoms with Crippen LogP contribution in [0.3, 0.4) is 0 Å². The number of benzene rings is 1. The van der Waals surface area contributed by atoms with Gasteiger partial charge in [-0.05, 0) is 30.2 Å². The molecule has 1 aromatic carbocycles. The molecule has 0 saturated heterocycles. The zero-order chi connectivity index (χ0) is 18.2. The molecule has 0 radical (unpaired) electrons. The van der Waals surface area contributed by atoms with Crippen LogP contribution in [0.25, 0.3) is 16.8 Å². The van der Waals surface area contributed by atoms with E-state index in [1.165, 1.54) is 0 Å². The zero-order valence-corrected chi connectivity index (χ0v) is 15.3. The van der Waals surface area contributed by atoms with Crippen LogP contribution in [0.1, 0.15) is 25.0 Å². The minimum absolute atomic E-state index is 0.445. The molecule has 6 heteroatoms. The van der Waals surface area contributed by atoms with Crippen molar-refractivity contribution in [2.24, 2.45) is 5.73 Å². The van der Waals surface area contributed by atoms with Gasteiger partial charge in [-0.2, -0.15) is 5.10 Å². The van der Waals surface area contributed by atoms with Gasteiger partial charge >= 0.3 is 0 Å². The molecule has 0 aliphatic carbocycles. The lowest BCUT2D eigenvalue weighted by Gasteiger charge is -2.11. The van der Waals surface area contributed by atoms with Crippen LogP contribution >= 0.6 is 0 Å². The number of ether oxygens (including phenoxy) is 2. The van der Waals surface area contributed by atoms with E-state index in [1.807, 2.05) is 32.0 Å². The molecule has 0 unspecified atom stereocenters. The molecule has 0 aliphatic rings. The highest BCUT2D eigenvalue weighted by atomic mass is 16.5. The largest absolute Gasteiger partial charge is 0.474 e. The standard InChI is InChI=1S/C17H20N4O2.C2H6/c1-12-9-13(3-4-14(12)10-18)17-15-5-6-19-21(15)11-16(20-17)23-8-7-22-2;1-2/h3-6,9,11H,7-8,10,18H2,1-2H3;1-2H3. The summed E-state index contributed by atoms with van der Waals surface area (Å²) in [6.45, 7) is 7.54. The number of aromatic nitrogens is 3. The Morgan fingerprint density at radius 3 is 2.64 bits per heavy atom. The highest BCUT2D eigenvalue weighted by Crippen LogP contribution is 2.27. The first-order valence-electron chi connectivity index (χ1n) is 8.49. The van der Waals surface area contributed by atoms with E-state index in [-0.39, 0.29) is 0 Å². The third kappa shape index (κ3) is 4.35. The van der Waals surface area contributed by atoms with Gasteiger partial charge in [0.25, 0.3) is 0 Å². The second-order valence-electron chi connectivity index (χ2n) is 5.28. The highest BCUT2D eigenvalue weighted by molar-refractivity contribution is 5.77. The Kier molecular flexibility index (Phi) is 6.91. The van der Waals surface area contributed by atoms with E-state index < -0.39 is 0 Å². The van der Waals surface area contributed by atoms with Crippen molar-refractivity contribution in [3.63, 3.8) is 0 Å². The van der Waals surface area contributed by atoms with Crippen molar-refractivity contribution in [1.29, 1.82) is 0 Å². The van der Waals surface area contributed by atoms with Gasteiger partial charge in [0.2, 0.25) is 5.88 Å². The predicted octanol–water partition coefficient (Wildman–Crippen LogP) is 3.21. The minimum atomic E-state index is 0.445. The third-order valence-electron chi connectivity index (χ3n) is 3.74. The van der Waals surface area contributed by atoms with Crippen LogP contribution in [0.15, 0.2) is 36.7 Å². The van der Waals surface area contributed by atoms with Crippen LogP contribution in [0.5, 0.6) is 5.88 Å². The molecule has 0 aliphatic heterocycles. The summed E-state index contributed by atoms with van der Waals surface area (Å²) in [7, 11) is 1.64. The molecule has 25 heavy (non-hydrogen) atoms. The molecule has 3 rings (SSSR count). The van der Waals surface area contributed by atoms with Gasteiger partial charge in [0.1, 0.15) is 12.3 Å². The van der Waals surface area contributed by atoms with Gasteiger partial charge in [0, 0.05) is 19.2 Å². The van der Waals surface area contributed by atoms with Crippen LogP contribution in [-0.2, 0) is 11.3 Å². The van der Waals surface area contributed by atoms with Crippen molar-refractivity contribution < 1.29 is 9.47 Å². The van der Waals surface area contributed by atoms with E-state index in [2.05, 4.69) is 23.1 Å². The van der Waals surface area contributed by atoms with Crippen molar-refractivity contribution in [2.75, 3.05) is 20.3 Å². The van der Waals surface area contributed by atoms with E-state index >= 15 is 0 Å². The Morgan fingerprint density at radius 1 is 1.16 bits per heavy atom. The highest BCUT2D eigenvalue weighted by Gasteiger charge is 2.11. The molecule has 0 bridgehead atoms. The lowest BCUT2D eigenvalue weighted by molar-refractivity contribution is 0.143. The van der Waals surface area contributed by atoms with Crippen molar-refractivity contribution in [3.05, 3.63) is 47.8 Å². The number of nitrogens with zero attached hydrogens (tertiary/aromatic N) is 3. The minimum Gasteiger partial charge on any atom is -0.474 e. The second-order valence-corrected chi connectivity index (χ2v) is 5.28. The zero-order valence-electron chi connectivity index (χ0n) is 15.3. The first-order valence-corrected chi connectivity index (χ1v) is 8.49. The first-order chi connectivity index (χ1) is 12.2. The van der Waals surface area contributed by atoms with Crippen LogP contribution in [0.2, 0.25) is 0 Å². The molecule has 2 heterocycles. The van der Waals surface area contributed by atoms with E-state index in [4.69, 9.17) is 15.2 Å². The summed E-state index contributed by atoms with van der Waals surface area (Å²) >= 11 is 0. The van der Waals surface area contributed by atoms with Crippen LogP contribution < -0.4 is 10.5 Å². The average Bonchev–Trinajstić information content (AvgIpc) is 3.11. The van der Waals surface area contributed by atoms with Gasteiger partial charge in [0.05, 0.1) is 24.5 Å². The van der Waals surface area contributed by atoms with Crippen molar-refractivity contribution in [3.8, 4) is 17.1 Å². The van der Waals surface area contributed by atoms with Crippen molar-refractivity contribution >= 4 is 5.52 Å². The normalized spacial score (nSPS) is 10.4. The number of methoxy groups -OCH3 is 1. The molecule has 2 aromatic heterocycles. The molecule has 0 fully saturated rings. The maximum absolute atomic E-state index is 5.74. The number of fused-ring (bicyclic) bond motifs is 1. The van der Waals surface area contributed by atoms with E-state index in [0.29, 0.717) is 25.6 Å². The number of nitrogens with two attached hydrogens (primary N) is 1. The van der Waals surface area contributed by atoms with Gasteiger partial charge < -0.3 is 15.2 Å². The average molecular weight is 342 g/mol. The molecule has 0 spiro atoms. The molecular weight excluding hydrogens is 316 g/mol. The fraction of sp³-hybridized carbons (Fsp3) is 0.368. The molecule has 6 nitrogen and oxygen atoms in total. The van der Waals surface area contributed by atoms with E-state index in [9.17, 15) is 0 Å². The molecule has 2 N–H and O–H groups in total. The van der Waals surface area contributed by atoms with Gasteiger partial charge in [-0.1, -0.05) is 26.0 Å². The summed E-state index contributed by atoms with van der Waals surface area (Å²) in [5.41, 5.74) is 10.8. The molecule has 3 aromatic rings. The number of hydrogen-bond acceptors (Lipinski definition) is 5. The molecule has 134 valence electrons. The van der Waals surface area contributed by atoms with Gasteiger partial charge in [-0.3, -0.25) is 0 Å². The summed E-state index contributed by atoms with van der Waals surface area (Å²) in [4.78, 5) is 4.64. The maximum atomic E-state index is 5.74. The maximum Gasteiger partial charge on any atom is 0.233 e. The molecular formula is C19H26N4O2. The fourth-order valence-electron chi connectivity index (χ4n) is 2.49. The van der Waals surface area contributed by atoms with E-state index in [0.717, 1.165) is 27.9 Å². The van der Waals surface area contributed by atoms with Gasteiger partial charge in [0.15, 0.2) is 0 Å². The Labute approximate surface area is 148 Å². The molecule has 0 atom stereocenters. The Balaban J connectivity index is 0.00000109. The lowest BCUT2D eigenvalue weighted by atomic mass is 10.0. The predicted molar refractivity (Wildman–Crippen MR) is 99.8 cm³/mol. The van der Waals surface area contributed by atoms with Crippen LogP contribution in [0, 0.1) is 6.92 Å². The second kappa shape index (κ2) is 9.15. The van der Waals surface area contributed by atoms with Crippen molar-refractivity contribution in [2.45, 2.75) is 27.3 Å². The Hall–Kier alpha value is -2.44. The lowest BCUT2D eigenvalue weighted by Crippen LogP contribution is -2.07. The van der Waals surface area contributed by atoms with Crippen molar-refractivity contribution in [1.82, 2.24) is 14.6 Å². The SMILES string of the molecule is CC.COCCOc1cn2nccc2c(-c2ccc(CN)c(C)c2)n1. The fourth-order valence-corrected chi connectivity index (χ4v) is 2.49. The number of aryl methyl sites for hydroxylation is 1. The number of rotatable bonds is 6. The smallest absolute Gasteiger partial charge is 0.233 e. The quantitative estimate of drug-likeness (QED) is 0.696. The monoisotopic (exact) mass is 342 g/mol. The van der Waals surface area contributed by atoms with Crippen LogP contribution in [-0.4, -0.2) is 34.9 Å².